The fourth-order valence-electron chi connectivity index (χ4n) is 3.46. The van der Waals surface area contributed by atoms with Gasteiger partial charge in [0, 0.05) is 12.5 Å². The van der Waals surface area contributed by atoms with Crippen LogP contribution in [0.25, 0.3) is 0 Å². The van der Waals surface area contributed by atoms with Gasteiger partial charge in [0.15, 0.2) is 0 Å². The van der Waals surface area contributed by atoms with E-state index in [0.717, 1.165) is 6.08 Å². The minimum atomic E-state index is -1.71. The van der Waals surface area contributed by atoms with Gasteiger partial charge in [-0.1, -0.05) is 6.08 Å². The maximum Gasteiger partial charge on any atom is 0.328 e. The van der Waals surface area contributed by atoms with E-state index in [-0.39, 0.29) is 18.4 Å². The summed E-state index contributed by atoms with van der Waals surface area (Å²) in [6, 6.07) is 0. The van der Waals surface area contributed by atoms with Crippen LogP contribution in [0.2, 0.25) is 0 Å². The number of esters is 1. The smallest absolute Gasteiger partial charge is 0.328 e. The zero-order valence-corrected chi connectivity index (χ0v) is 12.4. The van der Waals surface area contributed by atoms with Crippen molar-refractivity contribution in [3.8, 4) is 0 Å². The first-order valence-corrected chi connectivity index (χ1v) is 6.95. The molecule has 1 aliphatic heterocycles. The van der Waals surface area contributed by atoms with E-state index in [2.05, 4.69) is 0 Å². The highest BCUT2D eigenvalue weighted by Crippen LogP contribution is 2.58. The molecule has 0 spiro atoms. The Bertz CT molecular complexity index is 566. The third-order valence-electron chi connectivity index (χ3n) is 4.72. The molecule has 1 aliphatic carbocycles. The molecule has 122 valence electrons. The largest absolute Gasteiger partial charge is 0.478 e. The number of hydrogen-bond acceptors (Lipinski definition) is 6. The summed E-state index contributed by atoms with van der Waals surface area (Å²) in [6.45, 7) is 2.51. The molecule has 1 saturated heterocycles. The summed E-state index contributed by atoms with van der Waals surface area (Å²) < 4.78 is 5.31. The summed E-state index contributed by atoms with van der Waals surface area (Å²) in [5.41, 5.74) is -4.27. The van der Waals surface area contributed by atoms with Gasteiger partial charge in [-0.05, 0) is 31.9 Å². The van der Waals surface area contributed by atoms with Crippen LogP contribution in [-0.4, -0.2) is 56.3 Å². The standard InChI is InChI=1S/C15H20O7/c1-13-6-10(17)7-14(2,22-12(13)20)15(13,21)4-3-9(8-16)5-11(18)19/h3-5,10,16-17,21H,6-8H2,1-2H3,(H,18,19)/t10-,13+,14+,15-/m0/s1. The molecular formula is C15H20O7. The SMILES string of the molecule is C[C@]12C[C@@H](O)C[C@](C)(C(=O)O1)[C@@]2(O)C=CC(=CC(=O)O)CO. The highest BCUT2D eigenvalue weighted by atomic mass is 16.6. The normalized spacial score (nSPS) is 41.8. The first-order valence-electron chi connectivity index (χ1n) is 6.95. The van der Waals surface area contributed by atoms with Gasteiger partial charge < -0.3 is 25.2 Å². The number of fused-ring (bicyclic) bond motifs is 2. The van der Waals surface area contributed by atoms with Crippen LogP contribution in [0.4, 0.5) is 0 Å². The first kappa shape index (κ1) is 16.7. The molecule has 2 fully saturated rings. The van der Waals surface area contributed by atoms with E-state index in [9.17, 15) is 19.8 Å². The van der Waals surface area contributed by atoms with E-state index in [1.165, 1.54) is 26.0 Å². The molecule has 22 heavy (non-hydrogen) atoms. The molecule has 1 saturated carbocycles. The summed E-state index contributed by atoms with van der Waals surface area (Å²) in [5, 5.41) is 38.8. The van der Waals surface area contributed by atoms with Crippen LogP contribution in [0.1, 0.15) is 26.7 Å². The van der Waals surface area contributed by atoms with Gasteiger partial charge in [-0.25, -0.2) is 4.79 Å². The van der Waals surface area contributed by atoms with Crippen LogP contribution in [0.3, 0.4) is 0 Å². The minimum absolute atomic E-state index is 0.0410. The molecule has 7 nitrogen and oxygen atoms in total. The lowest BCUT2D eigenvalue weighted by Crippen LogP contribution is -2.61. The van der Waals surface area contributed by atoms with E-state index >= 15 is 0 Å². The quantitative estimate of drug-likeness (QED) is 0.320. The Balaban J connectivity index is 2.44. The molecule has 0 unspecified atom stereocenters. The molecule has 7 heteroatoms. The highest BCUT2D eigenvalue weighted by molar-refractivity contribution is 5.84. The van der Waals surface area contributed by atoms with Crippen molar-refractivity contribution in [1.82, 2.24) is 0 Å². The maximum atomic E-state index is 12.2. The topological polar surface area (TPSA) is 124 Å². The molecule has 4 N–H and O–H groups in total. The third-order valence-corrected chi connectivity index (χ3v) is 4.72. The Morgan fingerprint density at radius 2 is 2.05 bits per heavy atom. The summed E-state index contributed by atoms with van der Waals surface area (Å²) in [5.74, 6) is -1.83. The molecule has 0 aromatic rings. The van der Waals surface area contributed by atoms with Crippen molar-refractivity contribution in [3.63, 3.8) is 0 Å². The Kier molecular flexibility index (Phi) is 3.93. The lowest BCUT2D eigenvalue weighted by molar-refractivity contribution is -0.156. The molecule has 0 amide bonds. The fourth-order valence-corrected chi connectivity index (χ4v) is 3.46. The van der Waals surface area contributed by atoms with Crippen molar-refractivity contribution < 1.29 is 34.8 Å². The van der Waals surface area contributed by atoms with Gasteiger partial charge in [0.1, 0.15) is 16.6 Å². The van der Waals surface area contributed by atoms with Crippen LogP contribution in [-0.2, 0) is 14.3 Å². The first-order chi connectivity index (χ1) is 10.1. The minimum Gasteiger partial charge on any atom is -0.478 e. The number of aliphatic hydroxyl groups is 3. The van der Waals surface area contributed by atoms with E-state index < -0.39 is 41.3 Å². The van der Waals surface area contributed by atoms with Gasteiger partial charge >= 0.3 is 11.9 Å². The highest BCUT2D eigenvalue weighted by Gasteiger charge is 2.72. The zero-order valence-electron chi connectivity index (χ0n) is 12.4. The number of carboxylic acids is 1. The summed E-state index contributed by atoms with van der Waals surface area (Å²) in [7, 11) is 0. The molecule has 2 bridgehead atoms. The Morgan fingerprint density at radius 1 is 1.41 bits per heavy atom. The van der Waals surface area contributed by atoms with Crippen LogP contribution in [0.5, 0.6) is 0 Å². The van der Waals surface area contributed by atoms with Crippen molar-refractivity contribution in [2.45, 2.75) is 44.0 Å². The maximum absolute atomic E-state index is 12.2. The molecule has 2 rings (SSSR count). The Hall–Kier alpha value is -1.70. The van der Waals surface area contributed by atoms with Gasteiger partial charge in [-0.3, -0.25) is 4.79 Å². The second kappa shape index (κ2) is 5.19. The molecule has 0 radical (unpaired) electrons. The summed E-state index contributed by atoms with van der Waals surface area (Å²) in [4.78, 5) is 22.8. The van der Waals surface area contributed by atoms with Gasteiger partial charge in [0.05, 0.1) is 12.7 Å². The van der Waals surface area contributed by atoms with E-state index in [1.807, 2.05) is 0 Å². The number of aliphatic carboxylic acids is 1. The van der Waals surface area contributed by atoms with Gasteiger partial charge in [-0.2, -0.15) is 0 Å². The number of aliphatic hydroxyl groups excluding tert-OH is 2. The van der Waals surface area contributed by atoms with Crippen molar-refractivity contribution in [1.29, 1.82) is 0 Å². The second-order valence-electron chi connectivity index (χ2n) is 6.33. The van der Waals surface area contributed by atoms with E-state index in [4.69, 9.17) is 14.9 Å². The molecule has 4 atom stereocenters. The van der Waals surface area contributed by atoms with Crippen molar-refractivity contribution in [2.24, 2.45) is 5.41 Å². The molecular weight excluding hydrogens is 292 g/mol. The van der Waals surface area contributed by atoms with Gasteiger partial charge in [0.25, 0.3) is 0 Å². The van der Waals surface area contributed by atoms with Gasteiger partial charge in [0.2, 0.25) is 0 Å². The number of hydrogen-bond donors (Lipinski definition) is 4. The van der Waals surface area contributed by atoms with Crippen LogP contribution < -0.4 is 0 Å². The average molecular weight is 312 g/mol. The number of rotatable bonds is 4. The molecule has 2 aliphatic rings. The predicted octanol–water partition coefficient (Wildman–Crippen LogP) is -0.247. The van der Waals surface area contributed by atoms with Crippen molar-refractivity contribution >= 4 is 11.9 Å². The van der Waals surface area contributed by atoms with Gasteiger partial charge in [-0.15, -0.1) is 0 Å². The number of carbonyl (C=O) groups is 2. The third kappa shape index (κ3) is 2.25. The average Bonchev–Trinajstić information content (AvgIpc) is 2.47. The number of carbonyl (C=O) groups excluding carboxylic acids is 1. The Morgan fingerprint density at radius 3 is 2.55 bits per heavy atom. The van der Waals surface area contributed by atoms with E-state index in [0.29, 0.717) is 0 Å². The molecule has 1 heterocycles. The van der Waals surface area contributed by atoms with Crippen LogP contribution >= 0.6 is 0 Å². The summed E-state index contributed by atoms with van der Waals surface area (Å²) in [6.07, 6.45) is 2.71. The second-order valence-corrected chi connectivity index (χ2v) is 6.33. The predicted molar refractivity (Wildman–Crippen MR) is 74.7 cm³/mol. The lowest BCUT2D eigenvalue weighted by Gasteiger charge is -2.47. The Labute approximate surface area is 127 Å². The van der Waals surface area contributed by atoms with Crippen LogP contribution in [0.15, 0.2) is 23.8 Å². The van der Waals surface area contributed by atoms with Crippen molar-refractivity contribution in [3.05, 3.63) is 23.8 Å². The number of carboxylic acid groups (broad SMARTS) is 1. The summed E-state index contributed by atoms with van der Waals surface area (Å²) >= 11 is 0. The fraction of sp³-hybridized carbons (Fsp3) is 0.600. The van der Waals surface area contributed by atoms with E-state index in [1.54, 1.807) is 0 Å². The molecule has 0 aromatic heterocycles. The monoisotopic (exact) mass is 312 g/mol. The zero-order chi connectivity index (χ0) is 16.8. The van der Waals surface area contributed by atoms with Crippen LogP contribution in [0, 0.1) is 5.41 Å². The molecule has 0 aromatic carbocycles. The number of ether oxygens (including phenoxy) is 1. The van der Waals surface area contributed by atoms with Crippen molar-refractivity contribution in [2.75, 3.05) is 6.61 Å². The lowest BCUT2D eigenvalue weighted by atomic mass is 9.59.